The second-order valence-corrected chi connectivity index (χ2v) is 0.623. The molecule has 0 heterocycles. The molecule has 0 aromatic rings. The van der Waals surface area contributed by atoms with Gasteiger partial charge < -0.3 is 9.68 Å². The lowest BCUT2D eigenvalue weighted by Gasteiger charge is -1.71. The fraction of sp³-hybridized carbons (Fsp3) is 0.667. The van der Waals surface area contributed by atoms with E-state index in [4.69, 9.17) is 0 Å². The first-order chi connectivity index (χ1) is 3.83. The van der Waals surface area contributed by atoms with Crippen LogP contribution in [0, 0.1) is 0 Å². The Kier molecular flexibility index (Phi) is 102. The molecule has 0 saturated carbocycles. The molecule has 0 aromatic heterocycles. The summed E-state index contributed by atoms with van der Waals surface area (Å²) in [6.07, 6.45) is 0. The predicted molar refractivity (Wildman–Crippen MR) is 46.6 cm³/mol. The minimum Gasteiger partial charge on any atom is -0.400 e. The molecular weight excluding hydrogens is 132 g/mol. The Balaban J connectivity index is -0.0000000300. The van der Waals surface area contributed by atoms with Gasteiger partial charge in [0.1, 0.15) is 14.2 Å². The largest absolute Gasteiger partial charge is 0.400 e. The standard InChI is InChI=1S/2C2H5NO.2CH4/c2*1-3-4-2;;/h2*1H2,2H3;2*1H4. The molecule has 0 fully saturated rings. The Labute approximate surface area is 63.5 Å². The highest BCUT2D eigenvalue weighted by atomic mass is 16.6. The van der Waals surface area contributed by atoms with Gasteiger partial charge in [-0.15, -0.1) is 10.3 Å². The summed E-state index contributed by atoms with van der Waals surface area (Å²) >= 11 is 0. The van der Waals surface area contributed by atoms with E-state index in [0.29, 0.717) is 0 Å². The lowest BCUT2D eigenvalue weighted by atomic mass is 11.7. The van der Waals surface area contributed by atoms with Gasteiger partial charge in [-0.05, 0) is 0 Å². The van der Waals surface area contributed by atoms with Crippen LogP contribution in [-0.2, 0) is 9.68 Å². The lowest BCUT2D eigenvalue weighted by Crippen LogP contribution is -1.55. The smallest absolute Gasteiger partial charge is 0.106 e. The average Bonchev–Trinajstić information content (AvgIpc) is 1.88. The van der Waals surface area contributed by atoms with Crippen molar-refractivity contribution in [1.29, 1.82) is 0 Å². The van der Waals surface area contributed by atoms with Crippen LogP contribution in [0.2, 0.25) is 0 Å². The van der Waals surface area contributed by atoms with E-state index in [1.54, 1.807) is 0 Å². The maximum Gasteiger partial charge on any atom is 0.106 e. The molecule has 0 amide bonds. The summed E-state index contributed by atoms with van der Waals surface area (Å²) in [5, 5.41) is 5.97. The van der Waals surface area contributed by atoms with Gasteiger partial charge in [0, 0.05) is 13.4 Å². The summed E-state index contributed by atoms with van der Waals surface area (Å²) in [6, 6.07) is 0. The first-order valence-corrected chi connectivity index (χ1v) is 1.81. The SMILES string of the molecule is C.C.C=NOC.C=NOC. The van der Waals surface area contributed by atoms with Crippen LogP contribution in [0.1, 0.15) is 14.9 Å². The summed E-state index contributed by atoms with van der Waals surface area (Å²) < 4.78 is 0. The molecule has 10 heavy (non-hydrogen) atoms. The summed E-state index contributed by atoms with van der Waals surface area (Å²) in [5.74, 6) is 0. The molecule has 0 atom stereocenters. The minimum atomic E-state index is 0. The van der Waals surface area contributed by atoms with Crippen LogP contribution in [0.4, 0.5) is 0 Å². The predicted octanol–water partition coefficient (Wildman–Crippen LogP) is 1.77. The molecule has 0 aromatic carbocycles. The third kappa shape index (κ3) is 277. The molecule has 0 spiro atoms. The van der Waals surface area contributed by atoms with Gasteiger partial charge in [0.25, 0.3) is 0 Å². The molecule has 64 valence electrons. The Morgan fingerprint density at radius 2 is 1.00 bits per heavy atom. The summed E-state index contributed by atoms with van der Waals surface area (Å²) in [4.78, 5) is 8.11. The van der Waals surface area contributed by atoms with Crippen molar-refractivity contribution in [2.45, 2.75) is 14.9 Å². The van der Waals surface area contributed by atoms with Crippen LogP contribution < -0.4 is 0 Å². The van der Waals surface area contributed by atoms with Crippen molar-refractivity contribution in [3.63, 3.8) is 0 Å². The zero-order valence-corrected chi connectivity index (χ0v) is 5.13. The van der Waals surface area contributed by atoms with Crippen molar-refractivity contribution in [1.82, 2.24) is 0 Å². The van der Waals surface area contributed by atoms with E-state index in [2.05, 4.69) is 33.4 Å². The Bertz CT molecular complexity index is 49.7. The molecule has 0 unspecified atom stereocenters. The van der Waals surface area contributed by atoms with Crippen LogP contribution in [0.3, 0.4) is 0 Å². The van der Waals surface area contributed by atoms with Crippen LogP contribution in [-0.4, -0.2) is 27.7 Å². The van der Waals surface area contributed by atoms with Crippen LogP contribution >= 0.6 is 0 Å². The Hall–Kier alpha value is -1.06. The van der Waals surface area contributed by atoms with Gasteiger partial charge in [-0.2, -0.15) is 0 Å². The fourth-order valence-electron chi connectivity index (χ4n) is 0. The second kappa shape index (κ2) is 44.2. The zero-order chi connectivity index (χ0) is 6.83. The van der Waals surface area contributed by atoms with Gasteiger partial charge in [-0.25, -0.2) is 0 Å². The monoisotopic (exact) mass is 150 g/mol. The van der Waals surface area contributed by atoms with E-state index >= 15 is 0 Å². The average molecular weight is 150 g/mol. The number of nitrogens with zero attached hydrogens (tertiary/aromatic N) is 2. The molecule has 0 aliphatic rings. The van der Waals surface area contributed by atoms with Gasteiger partial charge in [0.15, 0.2) is 0 Å². The van der Waals surface area contributed by atoms with Crippen LogP contribution in [0.15, 0.2) is 10.3 Å². The maximum absolute atomic E-state index is 4.06. The van der Waals surface area contributed by atoms with E-state index < -0.39 is 0 Å². The molecule has 0 saturated heterocycles. The third-order valence-corrected chi connectivity index (χ3v) is 0.258. The fourth-order valence-corrected chi connectivity index (χ4v) is 0. The highest BCUT2D eigenvalue weighted by molar-refractivity contribution is 5.21. The van der Waals surface area contributed by atoms with Gasteiger partial charge in [0.2, 0.25) is 0 Å². The maximum atomic E-state index is 4.06. The molecule has 4 nitrogen and oxygen atoms in total. The van der Waals surface area contributed by atoms with Crippen LogP contribution in [0.25, 0.3) is 0 Å². The van der Waals surface area contributed by atoms with Gasteiger partial charge >= 0.3 is 0 Å². The normalized spacial score (nSPS) is 4.20. The van der Waals surface area contributed by atoms with E-state index in [9.17, 15) is 0 Å². The van der Waals surface area contributed by atoms with Crippen molar-refractivity contribution in [3.05, 3.63) is 0 Å². The number of hydrogen-bond acceptors (Lipinski definition) is 4. The third-order valence-electron chi connectivity index (χ3n) is 0.258. The van der Waals surface area contributed by atoms with E-state index in [-0.39, 0.29) is 14.9 Å². The number of oxime groups is 2. The molecular formula is C6H18N2O2. The molecule has 0 rings (SSSR count). The first-order valence-electron chi connectivity index (χ1n) is 1.81. The summed E-state index contributed by atoms with van der Waals surface area (Å²) in [5.41, 5.74) is 0. The highest BCUT2D eigenvalue weighted by Crippen LogP contribution is 1.50. The number of rotatable bonds is 2. The summed E-state index contributed by atoms with van der Waals surface area (Å²) in [7, 11) is 2.90. The van der Waals surface area contributed by atoms with E-state index in [0.717, 1.165) is 0 Å². The van der Waals surface area contributed by atoms with Crippen molar-refractivity contribution in [3.8, 4) is 0 Å². The molecule has 0 aliphatic carbocycles. The zero-order valence-electron chi connectivity index (χ0n) is 5.13. The van der Waals surface area contributed by atoms with Crippen molar-refractivity contribution in [2.75, 3.05) is 14.2 Å². The molecule has 0 radical (unpaired) electrons. The minimum absolute atomic E-state index is 0. The van der Waals surface area contributed by atoms with Gasteiger partial charge in [-0.3, -0.25) is 0 Å². The van der Waals surface area contributed by atoms with Crippen molar-refractivity contribution >= 4 is 13.4 Å². The van der Waals surface area contributed by atoms with Gasteiger partial charge in [0.05, 0.1) is 0 Å². The first kappa shape index (κ1) is 23.1. The van der Waals surface area contributed by atoms with E-state index in [1.807, 2.05) is 0 Å². The molecule has 0 N–H and O–H groups in total. The quantitative estimate of drug-likeness (QED) is 0.444. The number of hydrogen-bond donors (Lipinski definition) is 0. The van der Waals surface area contributed by atoms with Gasteiger partial charge in [-0.1, -0.05) is 14.9 Å². The highest BCUT2D eigenvalue weighted by Gasteiger charge is 1.35. The molecule has 0 bridgehead atoms. The summed E-state index contributed by atoms with van der Waals surface area (Å²) in [6.45, 7) is 6.01. The molecule has 0 aliphatic heterocycles. The van der Waals surface area contributed by atoms with Crippen molar-refractivity contribution < 1.29 is 9.68 Å². The molecule has 4 heteroatoms. The lowest BCUT2D eigenvalue weighted by molar-refractivity contribution is 0.217. The second-order valence-electron chi connectivity index (χ2n) is 0.623. The Morgan fingerprint density at radius 3 is 1.00 bits per heavy atom. The van der Waals surface area contributed by atoms with Crippen molar-refractivity contribution in [2.24, 2.45) is 10.3 Å². The Morgan fingerprint density at radius 1 is 0.900 bits per heavy atom. The topological polar surface area (TPSA) is 43.2 Å². The van der Waals surface area contributed by atoms with E-state index in [1.165, 1.54) is 14.2 Å². The van der Waals surface area contributed by atoms with Crippen LogP contribution in [0.5, 0.6) is 0 Å².